The second-order valence-electron chi connectivity index (χ2n) is 11.2. The van der Waals surface area contributed by atoms with Crippen LogP contribution in [0.3, 0.4) is 0 Å². The smallest absolute Gasteiger partial charge is 0.245 e. The molecule has 7 heteroatoms. The van der Waals surface area contributed by atoms with Gasteiger partial charge in [-0.25, -0.2) is 4.98 Å². The lowest BCUT2D eigenvalue weighted by Crippen LogP contribution is -2.59. The Morgan fingerprint density at radius 3 is 2.70 bits per heavy atom. The Labute approximate surface area is 223 Å². The molecule has 0 saturated carbocycles. The van der Waals surface area contributed by atoms with Gasteiger partial charge in [0.2, 0.25) is 5.91 Å². The third-order valence-electron chi connectivity index (χ3n) is 8.77. The number of aryl methyl sites for hydroxylation is 2. The molecule has 1 aliphatic carbocycles. The zero-order valence-corrected chi connectivity index (χ0v) is 22.7. The van der Waals surface area contributed by atoms with E-state index in [9.17, 15) is 4.79 Å². The number of aromatic nitrogens is 3. The molecule has 4 heterocycles. The average Bonchev–Trinajstić information content (AvgIpc) is 3.46. The molecule has 2 aliphatic heterocycles. The van der Waals surface area contributed by atoms with Crippen LogP contribution in [0, 0.1) is 19.3 Å². The Kier molecular flexibility index (Phi) is 5.90. The predicted molar refractivity (Wildman–Crippen MR) is 148 cm³/mol. The van der Waals surface area contributed by atoms with Crippen LogP contribution in [0.5, 0.6) is 0 Å². The molecule has 37 heavy (non-hydrogen) atoms. The molecular formula is C30H34ClN5O. The number of halogens is 1. The normalized spacial score (nSPS) is 20.2. The van der Waals surface area contributed by atoms with Crippen molar-refractivity contribution in [1.29, 1.82) is 0 Å². The van der Waals surface area contributed by atoms with E-state index in [2.05, 4.69) is 42.6 Å². The molecule has 6 nitrogen and oxygen atoms in total. The summed E-state index contributed by atoms with van der Waals surface area (Å²) < 4.78 is 2.03. The van der Waals surface area contributed by atoms with Crippen molar-refractivity contribution in [3.63, 3.8) is 0 Å². The first-order chi connectivity index (χ1) is 17.8. The van der Waals surface area contributed by atoms with Crippen molar-refractivity contribution in [2.75, 3.05) is 31.1 Å². The summed E-state index contributed by atoms with van der Waals surface area (Å²) in [5, 5.41) is 5.29. The first-order valence-corrected chi connectivity index (χ1v) is 13.6. The zero-order chi connectivity index (χ0) is 25.9. The van der Waals surface area contributed by atoms with E-state index in [-0.39, 0.29) is 11.3 Å². The summed E-state index contributed by atoms with van der Waals surface area (Å²) in [6.45, 7) is 11.5. The fourth-order valence-electron chi connectivity index (χ4n) is 6.99. The number of rotatable bonds is 4. The van der Waals surface area contributed by atoms with Crippen LogP contribution in [-0.2, 0) is 24.7 Å². The summed E-state index contributed by atoms with van der Waals surface area (Å²) in [6, 6.07) is 8.19. The van der Waals surface area contributed by atoms with Crippen molar-refractivity contribution in [2.45, 2.75) is 45.4 Å². The number of carbonyl (C=O) groups excluding carboxylic acids is 1. The Bertz CT molecular complexity index is 1380. The number of pyridine rings is 1. The summed E-state index contributed by atoms with van der Waals surface area (Å²) >= 11 is 6.78. The van der Waals surface area contributed by atoms with E-state index in [4.69, 9.17) is 16.6 Å². The fraction of sp³-hybridized carbons (Fsp3) is 0.433. The van der Waals surface area contributed by atoms with Gasteiger partial charge in [0.1, 0.15) is 5.82 Å². The molecule has 0 radical (unpaired) electrons. The van der Waals surface area contributed by atoms with Gasteiger partial charge in [-0.05, 0) is 73.9 Å². The maximum absolute atomic E-state index is 12.1. The molecule has 2 aromatic heterocycles. The van der Waals surface area contributed by atoms with E-state index in [0.717, 1.165) is 68.3 Å². The van der Waals surface area contributed by atoms with Crippen molar-refractivity contribution in [1.82, 2.24) is 19.7 Å². The van der Waals surface area contributed by atoms with E-state index in [1.54, 1.807) is 0 Å². The highest BCUT2D eigenvalue weighted by atomic mass is 35.5. The van der Waals surface area contributed by atoms with Crippen molar-refractivity contribution >= 4 is 23.3 Å². The molecule has 3 aromatic rings. The molecule has 1 aromatic carbocycles. The van der Waals surface area contributed by atoms with Crippen LogP contribution in [-0.4, -0.2) is 51.8 Å². The standard InChI is InChI=1S/C30H34ClN5O/c1-5-26(37)36-17-30(18-36)12-13-35(16-30)29-20(3)27(22-8-6-7-9-24(22)31)23-11-10-21(14-25(23)33-29)28-19(2)15-32-34(28)4/h5-9,15,21H,1,10-14,16-18H2,2-4H3/t21-/m1/s1. The van der Waals surface area contributed by atoms with Gasteiger partial charge in [0.05, 0.1) is 6.20 Å². The average molecular weight is 516 g/mol. The summed E-state index contributed by atoms with van der Waals surface area (Å²) in [5.74, 6) is 1.50. The van der Waals surface area contributed by atoms with Gasteiger partial charge in [-0.1, -0.05) is 36.4 Å². The van der Waals surface area contributed by atoms with E-state index < -0.39 is 0 Å². The Hall–Kier alpha value is -3.12. The molecule has 6 rings (SSSR count). The molecule has 3 aliphatic rings. The first-order valence-electron chi connectivity index (χ1n) is 13.2. The molecule has 1 atom stereocenters. The summed E-state index contributed by atoms with van der Waals surface area (Å²) in [4.78, 5) is 21.8. The van der Waals surface area contributed by atoms with Crippen molar-refractivity contribution < 1.29 is 4.79 Å². The van der Waals surface area contributed by atoms with Crippen LogP contribution < -0.4 is 4.90 Å². The number of benzene rings is 1. The van der Waals surface area contributed by atoms with Gasteiger partial charge in [0, 0.05) is 66.5 Å². The molecule has 0 bridgehead atoms. The molecule has 1 spiro atoms. The van der Waals surface area contributed by atoms with E-state index in [1.165, 1.54) is 39.7 Å². The minimum Gasteiger partial charge on any atom is -0.356 e. The highest BCUT2D eigenvalue weighted by Gasteiger charge is 2.49. The van der Waals surface area contributed by atoms with Gasteiger partial charge in [-0.2, -0.15) is 5.10 Å². The topological polar surface area (TPSA) is 54.3 Å². The number of likely N-dealkylation sites (tertiary alicyclic amines) is 1. The monoisotopic (exact) mass is 515 g/mol. The van der Waals surface area contributed by atoms with Crippen molar-refractivity contribution in [3.8, 4) is 11.1 Å². The minimum absolute atomic E-state index is 0.0321. The highest BCUT2D eigenvalue weighted by molar-refractivity contribution is 6.33. The zero-order valence-electron chi connectivity index (χ0n) is 21.9. The number of amides is 1. The number of fused-ring (bicyclic) bond motifs is 1. The Morgan fingerprint density at radius 2 is 2.00 bits per heavy atom. The van der Waals surface area contributed by atoms with Crippen molar-refractivity contribution in [3.05, 3.63) is 76.2 Å². The third-order valence-corrected chi connectivity index (χ3v) is 9.10. The maximum Gasteiger partial charge on any atom is 0.245 e. The van der Waals surface area contributed by atoms with E-state index in [0.29, 0.717) is 5.92 Å². The second kappa shape index (κ2) is 9.02. The number of nitrogens with zero attached hydrogens (tertiary/aromatic N) is 5. The summed E-state index contributed by atoms with van der Waals surface area (Å²) in [6.07, 6.45) is 7.42. The van der Waals surface area contributed by atoms with E-state index in [1.807, 2.05) is 35.0 Å². The van der Waals surface area contributed by atoms with Crippen LogP contribution in [0.2, 0.25) is 5.02 Å². The summed E-state index contributed by atoms with van der Waals surface area (Å²) in [5.41, 5.74) is 8.80. The molecule has 2 fully saturated rings. The van der Waals surface area contributed by atoms with Gasteiger partial charge in [-0.15, -0.1) is 0 Å². The fourth-order valence-corrected chi connectivity index (χ4v) is 7.22. The van der Waals surface area contributed by atoms with Crippen LogP contribution >= 0.6 is 11.6 Å². The van der Waals surface area contributed by atoms with Gasteiger partial charge in [0.15, 0.2) is 0 Å². The van der Waals surface area contributed by atoms with Crippen molar-refractivity contribution in [2.24, 2.45) is 12.5 Å². The third kappa shape index (κ3) is 3.97. The van der Waals surface area contributed by atoms with Crippen LogP contribution in [0.25, 0.3) is 11.1 Å². The molecular weight excluding hydrogens is 482 g/mol. The quantitative estimate of drug-likeness (QED) is 0.445. The van der Waals surface area contributed by atoms with E-state index >= 15 is 0 Å². The molecule has 192 valence electrons. The second-order valence-corrected chi connectivity index (χ2v) is 11.6. The maximum atomic E-state index is 12.1. The van der Waals surface area contributed by atoms with Gasteiger partial charge < -0.3 is 9.80 Å². The molecule has 0 N–H and O–H groups in total. The largest absolute Gasteiger partial charge is 0.356 e. The Morgan fingerprint density at radius 1 is 1.22 bits per heavy atom. The number of anilines is 1. The van der Waals surface area contributed by atoms with Crippen LogP contribution in [0.1, 0.15) is 46.8 Å². The van der Waals surface area contributed by atoms with Crippen LogP contribution in [0.15, 0.2) is 43.1 Å². The van der Waals surface area contributed by atoms with Gasteiger partial charge >= 0.3 is 0 Å². The number of carbonyl (C=O) groups is 1. The SMILES string of the molecule is C=CC(=O)N1CC2(CCN(c3nc4c(c(-c5ccccc5Cl)c3C)CC[C@@H](c3c(C)cnn3C)C4)C2)C1. The minimum atomic E-state index is 0.0321. The van der Waals surface area contributed by atoms with Crippen LogP contribution in [0.4, 0.5) is 5.82 Å². The first kappa shape index (κ1) is 24.2. The predicted octanol–water partition coefficient (Wildman–Crippen LogP) is 5.25. The lowest BCUT2D eigenvalue weighted by Gasteiger charge is -2.47. The Balaban J connectivity index is 1.40. The number of hydrogen-bond donors (Lipinski definition) is 0. The lowest BCUT2D eigenvalue weighted by molar-refractivity contribution is -0.136. The highest BCUT2D eigenvalue weighted by Crippen LogP contribution is 2.46. The molecule has 2 saturated heterocycles. The molecule has 1 amide bonds. The van der Waals surface area contributed by atoms with Gasteiger partial charge in [-0.3, -0.25) is 9.48 Å². The lowest BCUT2D eigenvalue weighted by atomic mass is 9.79. The van der Waals surface area contributed by atoms with Gasteiger partial charge in [0.25, 0.3) is 0 Å². The molecule has 0 unspecified atom stereocenters. The summed E-state index contributed by atoms with van der Waals surface area (Å²) in [7, 11) is 2.05. The number of hydrogen-bond acceptors (Lipinski definition) is 4.